The SMILES string of the molecule is CC(C)CS(=O)(=O)c1cc(-c2ncc(-c3ccc(Br)c(F)c3)[nH]2)ccc1Cl. The Bertz CT molecular complexity index is 1100. The van der Waals surface area contributed by atoms with E-state index in [0.29, 0.717) is 27.1 Å². The van der Waals surface area contributed by atoms with E-state index in [2.05, 4.69) is 25.9 Å². The van der Waals surface area contributed by atoms with Crippen LogP contribution in [0.1, 0.15) is 13.8 Å². The molecule has 1 heterocycles. The maximum atomic E-state index is 13.8. The summed E-state index contributed by atoms with van der Waals surface area (Å²) in [7, 11) is -3.50. The number of benzene rings is 2. The van der Waals surface area contributed by atoms with Gasteiger partial charge in [-0.25, -0.2) is 17.8 Å². The van der Waals surface area contributed by atoms with Crippen molar-refractivity contribution in [1.82, 2.24) is 9.97 Å². The number of imidazole rings is 1. The number of hydrogen-bond acceptors (Lipinski definition) is 3. The molecule has 0 fully saturated rings. The molecule has 0 saturated heterocycles. The fraction of sp³-hybridized carbons (Fsp3) is 0.211. The molecule has 142 valence electrons. The molecule has 8 heteroatoms. The molecule has 2 aromatic carbocycles. The van der Waals surface area contributed by atoms with Gasteiger partial charge in [0.1, 0.15) is 11.6 Å². The molecule has 0 bridgehead atoms. The number of halogens is 3. The summed E-state index contributed by atoms with van der Waals surface area (Å²) in [6.45, 7) is 3.68. The average Bonchev–Trinajstić information content (AvgIpc) is 3.06. The summed E-state index contributed by atoms with van der Waals surface area (Å²) in [5.74, 6) is 0.0954. The highest BCUT2D eigenvalue weighted by Crippen LogP contribution is 2.30. The van der Waals surface area contributed by atoms with Crippen molar-refractivity contribution in [1.29, 1.82) is 0 Å². The Morgan fingerprint density at radius 1 is 1.19 bits per heavy atom. The van der Waals surface area contributed by atoms with E-state index < -0.39 is 9.84 Å². The van der Waals surface area contributed by atoms with Crippen LogP contribution in [0.25, 0.3) is 22.6 Å². The number of aromatic nitrogens is 2. The number of nitrogens with one attached hydrogen (secondary N) is 1. The molecule has 0 unspecified atom stereocenters. The van der Waals surface area contributed by atoms with Crippen LogP contribution in [0.2, 0.25) is 5.02 Å². The normalized spacial score (nSPS) is 11.9. The van der Waals surface area contributed by atoms with Crippen molar-refractivity contribution < 1.29 is 12.8 Å². The minimum Gasteiger partial charge on any atom is -0.338 e. The van der Waals surface area contributed by atoms with Gasteiger partial charge in [0.25, 0.3) is 0 Å². The van der Waals surface area contributed by atoms with Crippen LogP contribution >= 0.6 is 27.5 Å². The zero-order valence-corrected chi connectivity index (χ0v) is 17.8. The summed E-state index contributed by atoms with van der Waals surface area (Å²) in [6, 6.07) is 9.52. The van der Waals surface area contributed by atoms with E-state index >= 15 is 0 Å². The van der Waals surface area contributed by atoms with Gasteiger partial charge in [-0.2, -0.15) is 0 Å². The van der Waals surface area contributed by atoms with Crippen molar-refractivity contribution in [3.8, 4) is 22.6 Å². The highest BCUT2D eigenvalue weighted by molar-refractivity contribution is 9.10. The van der Waals surface area contributed by atoms with Gasteiger partial charge in [-0.15, -0.1) is 0 Å². The van der Waals surface area contributed by atoms with E-state index in [1.807, 2.05) is 13.8 Å². The van der Waals surface area contributed by atoms with Gasteiger partial charge < -0.3 is 4.98 Å². The van der Waals surface area contributed by atoms with Gasteiger partial charge in [-0.1, -0.05) is 31.5 Å². The molecule has 3 aromatic rings. The van der Waals surface area contributed by atoms with E-state index in [4.69, 9.17) is 11.6 Å². The Morgan fingerprint density at radius 3 is 2.56 bits per heavy atom. The standard InChI is InChI=1S/C19H17BrClFN2O2S/c1-11(2)10-27(25,26)18-8-13(4-6-15(18)21)19-23-9-17(24-19)12-3-5-14(20)16(22)7-12/h3-9,11H,10H2,1-2H3,(H,23,24). The number of rotatable bonds is 5. The van der Waals surface area contributed by atoms with Gasteiger partial charge in [-0.3, -0.25) is 0 Å². The van der Waals surface area contributed by atoms with E-state index in [1.54, 1.807) is 30.5 Å². The van der Waals surface area contributed by atoms with Crippen LogP contribution in [0.4, 0.5) is 4.39 Å². The van der Waals surface area contributed by atoms with E-state index in [9.17, 15) is 12.8 Å². The average molecular weight is 472 g/mol. The van der Waals surface area contributed by atoms with Crippen LogP contribution in [0.5, 0.6) is 0 Å². The third-order valence-corrected chi connectivity index (χ3v) is 7.10. The quantitative estimate of drug-likeness (QED) is 0.517. The van der Waals surface area contributed by atoms with Crippen molar-refractivity contribution in [3.63, 3.8) is 0 Å². The molecule has 0 aliphatic heterocycles. The lowest BCUT2D eigenvalue weighted by Crippen LogP contribution is -2.12. The molecule has 0 aliphatic rings. The first kappa shape index (κ1) is 20.0. The molecule has 3 rings (SSSR count). The van der Waals surface area contributed by atoms with Crippen molar-refractivity contribution in [2.75, 3.05) is 5.75 Å². The zero-order chi connectivity index (χ0) is 19.8. The summed E-state index contributed by atoms with van der Waals surface area (Å²) in [5.41, 5.74) is 1.85. The number of hydrogen-bond donors (Lipinski definition) is 1. The molecule has 1 aromatic heterocycles. The molecule has 0 aliphatic carbocycles. The van der Waals surface area contributed by atoms with E-state index in [1.165, 1.54) is 12.1 Å². The van der Waals surface area contributed by atoms with Crippen molar-refractivity contribution in [2.24, 2.45) is 5.92 Å². The second-order valence-corrected chi connectivity index (χ2v) is 9.86. The summed E-state index contributed by atoms with van der Waals surface area (Å²) in [4.78, 5) is 7.49. The van der Waals surface area contributed by atoms with Crippen LogP contribution in [-0.4, -0.2) is 24.1 Å². The predicted molar refractivity (Wildman–Crippen MR) is 109 cm³/mol. The van der Waals surface area contributed by atoms with Crippen molar-refractivity contribution >= 4 is 37.4 Å². The van der Waals surface area contributed by atoms with Crippen LogP contribution in [0.15, 0.2) is 52.0 Å². The third kappa shape index (κ3) is 4.42. The molecule has 0 spiro atoms. The Labute approximate surface area is 170 Å². The molecule has 4 nitrogen and oxygen atoms in total. The molecule has 27 heavy (non-hydrogen) atoms. The van der Waals surface area contributed by atoms with E-state index in [0.717, 1.165) is 0 Å². The summed E-state index contributed by atoms with van der Waals surface area (Å²) < 4.78 is 39.3. The maximum Gasteiger partial charge on any atom is 0.180 e. The van der Waals surface area contributed by atoms with Crippen molar-refractivity contribution in [2.45, 2.75) is 18.7 Å². The van der Waals surface area contributed by atoms with Gasteiger partial charge in [0.05, 0.1) is 32.0 Å². The molecule has 0 saturated carbocycles. The van der Waals surface area contributed by atoms with Crippen LogP contribution < -0.4 is 0 Å². The predicted octanol–water partition coefficient (Wildman–Crippen LogP) is 5.73. The molecule has 0 atom stereocenters. The second kappa shape index (κ2) is 7.73. The fourth-order valence-electron chi connectivity index (χ4n) is 2.70. The molecule has 0 radical (unpaired) electrons. The zero-order valence-electron chi connectivity index (χ0n) is 14.6. The van der Waals surface area contributed by atoms with Crippen molar-refractivity contribution in [3.05, 3.63) is 57.9 Å². The lowest BCUT2D eigenvalue weighted by molar-refractivity contribution is 0.582. The fourth-order valence-corrected chi connectivity index (χ4v) is 5.14. The summed E-state index contributed by atoms with van der Waals surface area (Å²) >= 11 is 9.25. The Hall–Kier alpha value is -1.70. The third-order valence-electron chi connectivity index (χ3n) is 3.90. The molecular weight excluding hydrogens is 455 g/mol. The number of H-pyrrole nitrogens is 1. The largest absolute Gasteiger partial charge is 0.338 e. The Kier molecular flexibility index (Phi) is 5.74. The first-order valence-corrected chi connectivity index (χ1v) is 11.0. The highest BCUT2D eigenvalue weighted by atomic mass is 79.9. The Balaban J connectivity index is 2.00. The van der Waals surface area contributed by atoms with Gasteiger partial charge >= 0.3 is 0 Å². The monoisotopic (exact) mass is 470 g/mol. The molecule has 1 N–H and O–H groups in total. The van der Waals surface area contributed by atoms with Gasteiger partial charge in [0.15, 0.2) is 9.84 Å². The topological polar surface area (TPSA) is 62.8 Å². The lowest BCUT2D eigenvalue weighted by atomic mass is 10.2. The summed E-state index contributed by atoms with van der Waals surface area (Å²) in [6.07, 6.45) is 1.58. The smallest absolute Gasteiger partial charge is 0.180 e. The summed E-state index contributed by atoms with van der Waals surface area (Å²) in [5, 5.41) is 0.182. The van der Waals surface area contributed by atoms with Crippen LogP contribution in [0.3, 0.4) is 0 Å². The van der Waals surface area contributed by atoms with E-state index in [-0.39, 0.29) is 27.4 Å². The van der Waals surface area contributed by atoms with Crippen LogP contribution in [-0.2, 0) is 9.84 Å². The lowest BCUT2D eigenvalue weighted by Gasteiger charge is -2.10. The van der Waals surface area contributed by atoms with Gasteiger partial charge in [0, 0.05) is 11.1 Å². The molecule has 0 amide bonds. The molecular formula is C19H17BrClFN2O2S. The minimum atomic E-state index is -3.50. The highest BCUT2D eigenvalue weighted by Gasteiger charge is 2.21. The minimum absolute atomic E-state index is 0.0117. The first-order chi connectivity index (χ1) is 12.7. The maximum absolute atomic E-state index is 13.8. The number of aromatic amines is 1. The second-order valence-electron chi connectivity index (χ2n) is 6.59. The van der Waals surface area contributed by atoms with Gasteiger partial charge in [0.2, 0.25) is 0 Å². The Morgan fingerprint density at radius 2 is 1.89 bits per heavy atom. The number of nitrogens with zero attached hydrogens (tertiary/aromatic N) is 1. The first-order valence-electron chi connectivity index (χ1n) is 8.20. The van der Waals surface area contributed by atoms with Gasteiger partial charge in [-0.05, 0) is 52.2 Å². The number of sulfone groups is 1. The van der Waals surface area contributed by atoms with Crippen LogP contribution in [0, 0.1) is 11.7 Å².